The normalized spacial score (nSPS) is 27.4. The van der Waals surface area contributed by atoms with E-state index >= 15 is 0 Å². The Kier molecular flexibility index (Phi) is 4.25. The molecule has 0 spiro atoms. The van der Waals surface area contributed by atoms with Crippen molar-refractivity contribution in [1.82, 2.24) is 0 Å². The Morgan fingerprint density at radius 1 is 1.20 bits per heavy atom. The summed E-state index contributed by atoms with van der Waals surface area (Å²) in [6.45, 7) is 0. The Labute approximate surface area is 115 Å². The maximum absolute atomic E-state index is 12.4. The summed E-state index contributed by atoms with van der Waals surface area (Å²) < 4.78 is 46.4. The van der Waals surface area contributed by atoms with Gasteiger partial charge in [0.15, 0.2) is 0 Å². The van der Waals surface area contributed by atoms with E-state index in [2.05, 4.69) is 4.74 Å². The monoisotopic (exact) mass is 290 g/mol. The van der Waals surface area contributed by atoms with Crippen LogP contribution in [0.15, 0.2) is 24.3 Å². The van der Waals surface area contributed by atoms with Crippen LogP contribution in [-0.2, 0) is 10.3 Å². The van der Waals surface area contributed by atoms with Crippen LogP contribution < -0.4 is 4.74 Å². The Morgan fingerprint density at radius 2 is 1.80 bits per heavy atom. The number of para-hydroxylation sites is 1. The minimum absolute atomic E-state index is 0.0472. The molecule has 20 heavy (non-hydrogen) atoms. The average Bonchev–Trinajstić information content (AvgIpc) is 2.38. The molecule has 0 atom stereocenters. The van der Waals surface area contributed by atoms with Crippen molar-refractivity contribution < 1.29 is 27.8 Å². The molecular weight excluding hydrogens is 273 g/mol. The molecule has 0 amide bonds. The lowest BCUT2D eigenvalue weighted by Crippen LogP contribution is -2.35. The van der Waals surface area contributed by atoms with Gasteiger partial charge in [-0.3, -0.25) is 0 Å². The van der Waals surface area contributed by atoms with Crippen LogP contribution in [0.4, 0.5) is 13.2 Å². The molecule has 1 aliphatic rings. The van der Waals surface area contributed by atoms with Crippen LogP contribution >= 0.6 is 0 Å². The van der Waals surface area contributed by atoms with E-state index in [4.69, 9.17) is 4.74 Å². The largest absolute Gasteiger partial charge is 0.573 e. The quantitative estimate of drug-likeness (QED) is 0.927. The van der Waals surface area contributed by atoms with E-state index in [1.54, 1.807) is 13.2 Å². The van der Waals surface area contributed by atoms with Gasteiger partial charge in [-0.2, -0.15) is 0 Å². The first-order chi connectivity index (χ1) is 9.34. The van der Waals surface area contributed by atoms with Crippen molar-refractivity contribution >= 4 is 0 Å². The summed E-state index contributed by atoms with van der Waals surface area (Å²) in [5.74, 6) is -0.335. The predicted molar refractivity (Wildman–Crippen MR) is 66.3 cm³/mol. The highest BCUT2D eigenvalue weighted by Crippen LogP contribution is 2.42. The van der Waals surface area contributed by atoms with Gasteiger partial charge in [-0.1, -0.05) is 18.2 Å². The first-order valence-corrected chi connectivity index (χ1v) is 6.44. The smallest absolute Gasteiger partial charge is 0.405 e. The standard InChI is InChI=1S/C14H17F3O3/c1-19-10-6-8-13(18,9-7-10)11-4-2-3-5-12(11)20-14(15,16)17/h2-5,10,18H,6-9H2,1H3. The van der Waals surface area contributed by atoms with E-state index in [1.165, 1.54) is 18.2 Å². The summed E-state index contributed by atoms with van der Waals surface area (Å²) in [7, 11) is 1.59. The molecule has 0 bridgehead atoms. The summed E-state index contributed by atoms with van der Waals surface area (Å²) in [5.41, 5.74) is -1.11. The van der Waals surface area contributed by atoms with Gasteiger partial charge in [0.25, 0.3) is 0 Å². The van der Waals surface area contributed by atoms with Crippen molar-refractivity contribution in [2.24, 2.45) is 0 Å². The molecule has 0 aromatic heterocycles. The maximum Gasteiger partial charge on any atom is 0.573 e. The van der Waals surface area contributed by atoms with Crippen molar-refractivity contribution in [2.75, 3.05) is 7.11 Å². The fourth-order valence-corrected chi connectivity index (χ4v) is 2.64. The molecular formula is C14H17F3O3. The lowest BCUT2D eigenvalue weighted by Gasteiger charge is -2.36. The SMILES string of the molecule is COC1CCC(O)(c2ccccc2OC(F)(F)F)CC1. The van der Waals surface area contributed by atoms with Gasteiger partial charge in [-0.15, -0.1) is 13.2 Å². The lowest BCUT2D eigenvalue weighted by atomic mass is 9.78. The van der Waals surface area contributed by atoms with E-state index in [1.807, 2.05) is 0 Å². The molecule has 2 rings (SSSR count). The minimum Gasteiger partial charge on any atom is -0.405 e. The number of hydrogen-bond donors (Lipinski definition) is 1. The van der Waals surface area contributed by atoms with Crippen LogP contribution in [0.5, 0.6) is 5.75 Å². The molecule has 0 unspecified atom stereocenters. The maximum atomic E-state index is 12.4. The molecule has 3 nitrogen and oxygen atoms in total. The number of rotatable bonds is 3. The van der Waals surface area contributed by atoms with Gasteiger partial charge in [0, 0.05) is 12.7 Å². The van der Waals surface area contributed by atoms with Gasteiger partial charge in [-0.25, -0.2) is 0 Å². The van der Waals surface area contributed by atoms with E-state index in [-0.39, 0.29) is 17.4 Å². The number of halogens is 3. The van der Waals surface area contributed by atoms with Gasteiger partial charge >= 0.3 is 6.36 Å². The number of benzene rings is 1. The Bertz CT molecular complexity index is 451. The van der Waals surface area contributed by atoms with Crippen molar-refractivity contribution in [3.63, 3.8) is 0 Å². The Hall–Kier alpha value is -1.27. The van der Waals surface area contributed by atoms with Crippen LogP contribution in [-0.4, -0.2) is 24.7 Å². The van der Waals surface area contributed by atoms with Gasteiger partial charge < -0.3 is 14.6 Å². The van der Waals surface area contributed by atoms with Gasteiger partial charge in [0.05, 0.1) is 11.7 Å². The lowest BCUT2D eigenvalue weighted by molar-refractivity contribution is -0.275. The zero-order valence-electron chi connectivity index (χ0n) is 11.1. The van der Waals surface area contributed by atoms with Gasteiger partial charge in [-0.05, 0) is 31.7 Å². The third-order valence-electron chi connectivity index (χ3n) is 3.71. The van der Waals surface area contributed by atoms with Crippen LogP contribution in [0.2, 0.25) is 0 Å². The summed E-state index contributed by atoms with van der Waals surface area (Å²) >= 11 is 0. The average molecular weight is 290 g/mol. The molecule has 6 heteroatoms. The molecule has 1 saturated carbocycles. The highest BCUT2D eigenvalue weighted by atomic mass is 19.4. The van der Waals surface area contributed by atoms with Crippen LogP contribution in [0.1, 0.15) is 31.2 Å². The van der Waals surface area contributed by atoms with Crippen LogP contribution in [0.3, 0.4) is 0 Å². The molecule has 1 aromatic rings. The minimum atomic E-state index is -4.77. The number of methoxy groups -OCH3 is 1. The molecule has 0 heterocycles. The van der Waals surface area contributed by atoms with E-state index in [9.17, 15) is 18.3 Å². The topological polar surface area (TPSA) is 38.7 Å². The zero-order valence-corrected chi connectivity index (χ0v) is 11.1. The molecule has 1 aromatic carbocycles. The molecule has 0 aliphatic heterocycles. The highest BCUT2D eigenvalue weighted by Gasteiger charge is 2.39. The van der Waals surface area contributed by atoms with Crippen molar-refractivity contribution in [1.29, 1.82) is 0 Å². The number of ether oxygens (including phenoxy) is 2. The fourth-order valence-electron chi connectivity index (χ4n) is 2.64. The summed E-state index contributed by atoms with van der Waals surface area (Å²) in [6.07, 6.45) is -2.81. The third kappa shape index (κ3) is 3.43. The highest BCUT2D eigenvalue weighted by molar-refractivity contribution is 5.38. The van der Waals surface area contributed by atoms with Crippen molar-refractivity contribution in [3.05, 3.63) is 29.8 Å². The molecule has 112 valence electrons. The second kappa shape index (κ2) is 5.61. The second-order valence-electron chi connectivity index (χ2n) is 5.01. The first-order valence-electron chi connectivity index (χ1n) is 6.44. The molecule has 1 fully saturated rings. The third-order valence-corrected chi connectivity index (χ3v) is 3.71. The fraction of sp³-hybridized carbons (Fsp3) is 0.571. The zero-order chi connectivity index (χ0) is 14.8. The molecule has 1 N–H and O–H groups in total. The molecule has 0 radical (unpaired) electrons. The second-order valence-corrected chi connectivity index (χ2v) is 5.01. The van der Waals surface area contributed by atoms with Crippen molar-refractivity contribution in [3.8, 4) is 5.75 Å². The Balaban J connectivity index is 2.24. The van der Waals surface area contributed by atoms with Gasteiger partial charge in [0.1, 0.15) is 5.75 Å². The molecule has 0 saturated heterocycles. The van der Waals surface area contributed by atoms with Crippen LogP contribution in [0, 0.1) is 0 Å². The Morgan fingerprint density at radius 3 is 2.35 bits per heavy atom. The van der Waals surface area contributed by atoms with Gasteiger partial charge in [0.2, 0.25) is 0 Å². The van der Waals surface area contributed by atoms with E-state index in [0.29, 0.717) is 25.7 Å². The molecule has 1 aliphatic carbocycles. The first kappa shape index (κ1) is 15.1. The summed E-state index contributed by atoms with van der Waals surface area (Å²) in [5, 5.41) is 10.6. The summed E-state index contributed by atoms with van der Waals surface area (Å²) in [6, 6.07) is 5.76. The number of aliphatic hydroxyl groups is 1. The van der Waals surface area contributed by atoms with Crippen molar-refractivity contribution in [2.45, 2.75) is 43.8 Å². The van der Waals surface area contributed by atoms with E-state index < -0.39 is 12.0 Å². The summed E-state index contributed by atoms with van der Waals surface area (Å²) in [4.78, 5) is 0. The number of hydrogen-bond acceptors (Lipinski definition) is 3. The van der Waals surface area contributed by atoms with E-state index in [0.717, 1.165) is 0 Å². The number of alkyl halides is 3. The predicted octanol–water partition coefficient (Wildman–Crippen LogP) is 3.36. The van der Waals surface area contributed by atoms with Crippen LogP contribution in [0.25, 0.3) is 0 Å².